The summed E-state index contributed by atoms with van der Waals surface area (Å²) in [5, 5.41) is 5.00. The number of rotatable bonds is 2. The molecule has 1 aliphatic rings. The minimum Gasteiger partial charge on any atom is -0.316 e. The summed E-state index contributed by atoms with van der Waals surface area (Å²) in [6, 6.07) is 5.81. The number of benzene rings is 1. The molecule has 2 rings (SSSR count). The molecule has 3 heteroatoms. The summed E-state index contributed by atoms with van der Waals surface area (Å²) in [6.07, 6.45) is 4.97. The standard InChI is InChI=1S/C13H17Cl2N/c14-12-5-4-11(13(15)8-12)7-10-3-1-2-6-16-9-10/h4-5,8,10,16H,1-3,6-7,9H2. The molecule has 1 aromatic rings. The largest absolute Gasteiger partial charge is 0.316 e. The van der Waals surface area contributed by atoms with E-state index in [9.17, 15) is 0 Å². The van der Waals surface area contributed by atoms with E-state index in [-0.39, 0.29) is 0 Å². The van der Waals surface area contributed by atoms with Crippen LogP contribution in [-0.2, 0) is 6.42 Å². The number of nitrogens with one attached hydrogen (secondary N) is 1. The molecule has 1 heterocycles. The van der Waals surface area contributed by atoms with Gasteiger partial charge in [0, 0.05) is 10.0 Å². The summed E-state index contributed by atoms with van der Waals surface area (Å²) in [5.41, 5.74) is 1.22. The van der Waals surface area contributed by atoms with E-state index in [1.807, 2.05) is 12.1 Å². The van der Waals surface area contributed by atoms with Crippen molar-refractivity contribution in [3.8, 4) is 0 Å². The second-order valence-corrected chi connectivity index (χ2v) is 5.35. The van der Waals surface area contributed by atoms with Gasteiger partial charge in [0.05, 0.1) is 0 Å². The SMILES string of the molecule is Clc1ccc(CC2CCCCNC2)c(Cl)c1. The minimum absolute atomic E-state index is 0.709. The van der Waals surface area contributed by atoms with Crippen molar-refractivity contribution in [1.29, 1.82) is 0 Å². The number of halogens is 2. The normalized spacial score (nSPS) is 21.8. The maximum atomic E-state index is 6.18. The number of hydrogen-bond acceptors (Lipinski definition) is 1. The molecular formula is C13H17Cl2N. The lowest BCUT2D eigenvalue weighted by Crippen LogP contribution is -2.22. The molecule has 88 valence electrons. The Morgan fingerprint density at radius 3 is 2.94 bits per heavy atom. The van der Waals surface area contributed by atoms with E-state index in [2.05, 4.69) is 11.4 Å². The van der Waals surface area contributed by atoms with Crippen LogP contribution in [0, 0.1) is 5.92 Å². The second kappa shape index (κ2) is 5.90. The molecule has 0 spiro atoms. The van der Waals surface area contributed by atoms with Crippen LogP contribution in [0.15, 0.2) is 18.2 Å². The predicted octanol–water partition coefficient (Wildman–Crippen LogP) is 3.93. The van der Waals surface area contributed by atoms with Crippen LogP contribution in [0.3, 0.4) is 0 Å². The average Bonchev–Trinajstić information content (AvgIpc) is 2.51. The highest BCUT2D eigenvalue weighted by molar-refractivity contribution is 6.35. The zero-order chi connectivity index (χ0) is 11.4. The monoisotopic (exact) mass is 257 g/mol. The van der Waals surface area contributed by atoms with Crippen LogP contribution < -0.4 is 5.32 Å². The Morgan fingerprint density at radius 2 is 2.12 bits per heavy atom. The molecular weight excluding hydrogens is 241 g/mol. The maximum Gasteiger partial charge on any atom is 0.0452 e. The first-order valence-corrected chi connectivity index (χ1v) is 6.66. The first kappa shape index (κ1) is 12.2. The molecule has 0 aliphatic carbocycles. The van der Waals surface area contributed by atoms with E-state index in [4.69, 9.17) is 23.2 Å². The molecule has 0 bridgehead atoms. The Morgan fingerprint density at radius 1 is 1.25 bits per heavy atom. The molecule has 1 N–H and O–H groups in total. The van der Waals surface area contributed by atoms with Crippen LogP contribution in [-0.4, -0.2) is 13.1 Å². The van der Waals surface area contributed by atoms with Gasteiger partial charge in [-0.15, -0.1) is 0 Å². The third-order valence-corrected chi connectivity index (χ3v) is 3.76. The van der Waals surface area contributed by atoms with Gasteiger partial charge in [-0.25, -0.2) is 0 Å². The number of hydrogen-bond donors (Lipinski definition) is 1. The van der Waals surface area contributed by atoms with Gasteiger partial charge in [-0.3, -0.25) is 0 Å². The molecule has 1 unspecified atom stereocenters. The van der Waals surface area contributed by atoms with Gasteiger partial charge in [0.1, 0.15) is 0 Å². The average molecular weight is 258 g/mol. The molecule has 1 nitrogen and oxygen atoms in total. The van der Waals surface area contributed by atoms with Crippen LogP contribution in [0.1, 0.15) is 24.8 Å². The predicted molar refractivity (Wildman–Crippen MR) is 70.4 cm³/mol. The van der Waals surface area contributed by atoms with Gasteiger partial charge in [0.25, 0.3) is 0 Å². The Labute approximate surface area is 107 Å². The fourth-order valence-corrected chi connectivity index (χ4v) is 2.75. The lowest BCUT2D eigenvalue weighted by Gasteiger charge is -2.15. The summed E-state index contributed by atoms with van der Waals surface area (Å²) in [4.78, 5) is 0. The van der Waals surface area contributed by atoms with E-state index in [0.717, 1.165) is 24.5 Å². The maximum absolute atomic E-state index is 6.18. The molecule has 0 aromatic heterocycles. The van der Waals surface area contributed by atoms with Gasteiger partial charge in [0.15, 0.2) is 0 Å². The molecule has 1 saturated heterocycles. The second-order valence-electron chi connectivity index (χ2n) is 4.51. The van der Waals surface area contributed by atoms with Crippen LogP contribution in [0.2, 0.25) is 10.0 Å². The minimum atomic E-state index is 0.709. The van der Waals surface area contributed by atoms with Crippen LogP contribution in [0.25, 0.3) is 0 Å². The Kier molecular flexibility index (Phi) is 4.51. The summed E-state index contributed by atoms with van der Waals surface area (Å²) >= 11 is 12.1. The van der Waals surface area contributed by atoms with Crippen molar-refractivity contribution in [2.24, 2.45) is 5.92 Å². The molecule has 1 fully saturated rings. The highest BCUT2D eigenvalue weighted by atomic mass is 35.5. The van der Waals surface area contributed by atoms with Crippen LogP contribution in [0.5, 0.6) is 0 Å². The van der Waals surface area contributed by atoms with Gasteiger partial charge >= 0.3 is 0 Å². The topological polar surface area (TPSA) is 12.0 Å². The third kappa shape index (κ3) is 3.38. The fourth-order valence-electron chi connectivity index (χ4n) is 2.26. The van der Waals surface area contributed by atoms with Gasteiger partial charge in [-0.05, 0) is 56.0 Å². The summed E-state index contributed by atoms with van der Waals surface area (Å²) in [6.45, 7) is 2.27. The van der Waals surface area contributed by atoms with Crippen molar-refractivity contribution in [2.75, 3.05) is 13.1 Å². The quantitative estimate of drug-likeness (QED) is 0.847. The van der Waals surface area contributed by atoms with Crippen molar-refractivity contribution < 1.29 is 0 Å². The van der Waals surface area contributed by atoms with Crippen molar-refractivity contribution in [3.05, 3.63) is 33.8 Å². The molecule has 0 radical (unpaired) electrons. The fraction of sp³-hybridized carbons (Fsp3) is 0.538. The van der Waals surface area contributed by atoms with Crippen molar-refractivity contribution in [1.82, 2.24) is 5.32 Å². The van der Waals surface area contributed by atoms with E-state index < -0.39 is 0 Å². The van der Waals surface area contributed by atoms with Gasteiger partial charge in [0.2, 0.25) is 0 Å². The van der Waals surface area contributed by atoms with Crippen molar-refractivity contribution >= 4 is 23.2 Å². The van der Waals surface area contributed by atoms with Crippen LogP contribution >= 0.6 is 23.2 Å². The van der Waals surface area contributed by atoms with Crippen molar-refractivity contribution in [2.45, 2.75) is 25.7 Å². The zero-order valence-corrected chi connectivity index (χ0v) is 10.8. The van der Waals surface area contributed by atoms with Gasteiger partial charge in [-0.1, -0.05) is 35.7 Å². The molecule has 1 aromatic carbocycles. The van der Waals surface area contributed by atoms with E-state index in [0.29, 0.717) is 10.9 Å². The first-order valence-electron chi connectivity index (χ1n) is 5.90. The molecule has 0 saturated carbocycles. The summed E-state index contributed by atoms with van der Waals surface area (Å²) in [7, 11) is 0. The first-order chi connectivity index (χ1) is 7.75. The van der Waals surface area contributed by atoms with Crippen molar-refractivity contribution in [3.63, 3.8) is 0 Å². The highest BCUT2D eigenvalue weighted by Crippen LogP contribution is 2.25. The van der Waals surface area contributed by atoms with Gasteiger partial charge in [-0.2, -0.15) is 0 Å². The molecule has 16 heavy (non-hydrogen) atoms. The van der Waals surface area contributed by atoms with E-state index in [1.54, 1.807) is 0 Å². The van der Waals surface area contributed by atoms with E-state index >= 15 is 0 Å². The molecule has 1 aliphatic heterocycles. The molecule has 1 atom stereocenters. The smallest absolute Gasteiger partial charge is 0.0452 e. The molecule has 0 amide bonds. The third-order valence-electron chi connectivity index (χ3n) is 3.17. The Bertz CT molecular complexity index is 344. The lowest BCUT2D eigenvalue weighted by molar-refractivity contribution is 0.477. The lowest BCUT2D eigenvalue weighted by atomic mass is 9.95. The zero-order valence-electron chi connectivity index (χ0n) is 9.31. The Balaban J connectivity index is 2.01. The van der Waals surface area contributed by atoms with Gasteiger partial charge < -0.3 is 5.32 Å². The van der Waals surface area contributed by atoms with E-state index in [1.165, 1.54) is 24.8 Å². The summed E-state index contributed by atoms with van der Waals surface area (Å²) < 4.78 is 0. The Hall–Kier alpha value is -0.240. The summed E-state index contributed by atoms with van der Waals surface area (Å²) in [5.74, 6) is 0.709. The van der Waals surface area contributed by atoms with Crippen LogP contribution in [0.4, 0.5) is 0 Å². The highest BCUT2D eigenvalue weighted by Gasteiger charge is 2.13.